The minimum absolute atomic E-state index is 0.0426. The van der Waals surface area contributed by atoms with E-state index in [1.54, 1.807) is 0 Å². The van der Waals surface area contributed by atoms with Gasteiger partial charge < -0.3 is 15.6 Å². The summed E-state index contributed by atoms with van der Waals surface area (Å²) in [7, 11) is 1.34. The molecule has 0 saturated heterocycles. The van der Waals surface area contributed by atoms with Gasteiger partial charge in [-0.25, -0.2) is 0 Å². The average Bonchev–Trinajstić information content (AvgIpc) is 2.54. The number of methoxy groups -OCH3 is 1. The SMILES string of the molecule is COc1ccc(Cl)cc1C(=O)c1cc(C(F)(F)F)ccc1N.O=CO. The molecule has 0 aliphatic rings. The third-order valence-corrected chi connectivity index (χ3v) is 3.27. The van der Waals surface area contributed by atoms with Crippen LogP contribution in [0.2, 0.25) is 5.02 Å². The van der Waals surface area contributed by atoms with Crippen molar-refractivity contribution >= 4 is 29.5 Å². The highest BCUT2D eigenvalue weighted by Crippen LogP contribution is 2.33. The quantitative estimate of drug-likeness (QED) is 0.482. The Morgan fingerprint density at radius 3 is 2.32 bits per heavy atom. The summed E-state index contributed by atoms with van der Waals surface area (Å²) >= 11 is 5.83. The van der Waals surface area contributed by atoms with Gasteiger partial charge in [0, 0.05) is 16.3 Å². The van der Waals surface area contributed by atoms with Gasteiger partial charge in [-0.05, 0) is 36.4 Å². The Morgan fingerprint density at radius 2 is 1.80 bits per heavy atom. The van der Waals surface area contributed by atoms with Crippen molar-refractivity contribution in [2.75, 3.05) is 12.8 Å². The molecule has 0 saturated carbocycles. The van der Waals surface area contributed by atoms with Crippen LogP contribution in [0.3, 0.4) is 0 Å². The lowest BCUT2D eigenvalue weighted by molar-refractivity contribution is -0.137. The lowest BCUT2D eigenvalue weighted by Crippen LogP contribution is -2.11. The van der Waals surface area contributed by atoms with Gasteiger partial charge in [0.25, 0.3) is 6.47 Å². The number of nitrogens with two attached hydrogens (primary N) is 1. The number of alkyl halides is 3. The lowest BCUT2D eigenvalue weighted by atomic mass is 9.98. The maximum atomic E-state index is 12.8. The highest BCUT2D eigenvalue weighted by atomic mass is 35.5. The fraction of sp³-hybridized carbons (Fsp3) is 0.125. The van der Waals surface area contributed by atoms with E-state index >= 15 is 0 Å². The number of anilines is 1. The molecule has 9 heteroatoms. The molecule has 0 unspecified atom stereocenters. The van der Waals surface area contributed by atoms with E-state index < -0.39 is 17.5 Å². The second kappa shape index (κ2) is 8.39. The topological polar surface area (TPSA) is 89.6 Å². The zero-order valence-corrected chi connectivity index (χ0v) is 13.6. The second-order valence-electron chi connectivity index (χ2n) is 4.58. The van der Waals surface area contributed by atoms with Gasteiger partial charge in [0.05, 0.1) is 18.2 Å². The van der Waals surface area contributed by atoms with Gasteiger partial charge in [-0.1, -0.05) is 11.6 Å². The van der Waals surface area contributed by atoms with Crippen molar-refractivity contribution < 1.29 is 32.6 Å². The van der Waals surface area contributed by atoms with Crippen molar-refractivity contribution in [1.29, 1.82) is 0 Å². The number of halogens is 4. The maximum Gasteiger partial charge on any atom is 0.416 e. The van der Waals surface area contributed by atoms with E-state index in [4.69, 9.17) is 32.0 Å². The van der Waals surface area contributed by atoms with Crippen molar-refractivity contribution in [1.82, 2.24) is 0 Å². The summed E-state index contributed by atoms with van der Waals surface area (Å²) in [5, 5.41) is 7.15. The first-order valence-corrected chi connectivity index (χ1v) is 6.96. The number of carbonyl (C=O) groups is 2. The van der Waals surface area contributed by atoms with Crippen molar-refractivity contribution in [3.63, 3.8) is 0 Å². The standard InChI is InChI=1S/C15H11ClF3NO2.CH2O2/c1-22-13-5-3-9(16)7-11(13)14(21)10-6-8(15(17,18)19)2-4-12(10)20;2-1-3/h2-7H,20H2,1H3;1H,(H,2,3). The molecule has 5 nitrogen and oxygen atoms in total. The highest BCUT2D eigenvalue weighted by molar-refractivity contribution is 6.31. The van der Waals surface area contributed by atoms with Crippen molar-refractivity contribution in [2.24, 2.45) is 0 Å². The molecule has 0 aliphatic heterocycles. The van der Waals surface area contributed by atoms with Gasteiger partial charge in [0.15, 0.2) is 5.78 Å². The Kier molecular flexibility index (Phi) is 6.81. The monoisotopic (exact) mass is 375 g/mol. The summed E-state index contributed by atoms with van der Waals surface area (Å²) in [4.78, 5) is 20.9. The normalized spacial score (nSPS) is 10.4. The number of hydrogen-bond acceptors (Lipinski definition) is 4. The van der Waals surface area contributed by atoms with E-state index in [0.29, 0.717) is 0 Å². The minimum Gasteiger partial charge on any atom is -0.496 e. The van der Waals surface area contributed by atoms with Gasteiger partial charge in [-0.3, -0.25) is 9.59 Å². The molecule has 2 aromatic rings. The average molecular weight is 376 g/mol. The van der Waals surface area contributed by atoms with Crippen molar-refractivity contribution in [2.45, 2.75) is 6.18 Å². The Hall–Kier alpha value is -2.74. The number of ketones is 1. The molecule has 2 aromatic carbocycles. The minimum atomic E-state index is -4.57. The van der Waals surface area contributed by atoms with E-state index in [9.17, 15) is 18.0 Å². The van der Waals surface area contributed by atoms with Crippen LogP contribution in [0.5, 0.6) is 5.75 Å². The summed E-state index contributed by atoms with van der Waals surface area (Å²) in [5.41, 5.74) is 4.42. The molecule has 25 heavy (non-hydrogen) atoms. The van der Waals surface area contributed by atoms with Gasteiger partial charge in [0.1, 0.15) is 5.75 Å². The van der Waals surface area contributed by atoms with Crippen LogP contribution in [0, 0.1) is 0 Å². The summed E-state index contributed by atoms with van der Waals surface area (Å²) in [6, 6.07) is 6.88. The van der Waals surface area contributed by atoms with Gasteiger partial charge in [-0.2, -0.15) is 13.2 Å². The molecule has 0 radical (unpaired) electrons. The fourth-order valence-corrected chi connectivity index (χ4v) is 2.10. The predicted octanol–water partition coefficient (Wildman–Crippen LogP) is 3.88. The van der Waals surface area contributed by atoms with E-state index in [0.717, 1.165) is 18.2 Å². The zero-order chi connectivity index (χ0) is 19.2. The summed E-state index contributed by atoms with van der Waals surface area (Å²) in [5.74, 6) is -0.492. The van der Waals surface area contributed by atoms with Crippen LogP contribution < -0.4 is 10.5 Å². The van der Waals surface area contributed by atoms with Crippen molar-refractivity contribution in [3.05, 3.63) is 58.1 Å². The van der Waals surface area contributed by atoms with Crippen LogP contribution in [0.25, 0.3) is 0 Å². The second-order valence-corrected chi connectivity index (χ2v) is 5.02. The Bertz CT molecular complexity index is 778. The number of benzene rings is 2. The smallest absolute Gasteiger partial charge is 0.416 e. The molecule has 2 rings (SSSR count). The Morgan fingerprint density at radius 1 is 1.20 bits per heavy atom. The lowest BCUT2D eigenvalue weighted by Gasteiger charge is -2.12. The third-order valence-electron chi connectivity index (χ3n) is 3.03. The fourth-order valence-electron chi connectivity index (χ4n) is 1.93. The third kappa shape index (κ3) is 5.12. The van der Waals surface area contributed by atoms with Crippen LogP contribution >= 0.6 is 11.6 Å². The van der Waals surface area contributed by atoms with E-state index in [-0.39, 0.29) is 34.1 Å². The molecule has 0 fully saturated rings. The van der Waals surface area contributed by atoms with Gasteiger partial charge in [-0.15, -0.1) is 0 Å². The number of carboxylic acid groups (broad SMARTS) is 1. The van der Waals surface area contributed by atoms with Gasteiger partial charge in [0.2, 0.25) is 0 Å². The van der Waals surface area contributed by atoms with Crippen LogP contribution in [0.1, 0.15) is 21.5 Å². The van der Waals surface area contributed by atoms with E-state index in [1.165, 1.54) is 25.3 Å². The summed E-state index contributed by atoms with van der Waals surface area (Å²) in [6.07, 6.45) is -4.57. The van der Waals surface area contributed by atoms with Crippen LogP contribution in [-0.2, 0) is 11.0 Å². The molecular formula is C16H13ClF3NO4. The molecule has 3 N–H and O–H groups in total. The summed E-state index contributed by atoms with van der Waals surface area (Å²) < 4.78 is 43.4. The first-order valence-electron chi connectivity index (χ1n) is 6.58. The zero-order valence-electron chi connectivity index (χ0n) is 12.8. The van der Waals surface area contributed by atoms with Crippen LogP contribution in [0.4, 0.5) is 18.9 Å². The Labute approximate surface area is 145 Å². The van der Waals surface area contributed by atoms with Crippen LogP contribution in [-0.4, -0.2) is 24.5 Å². The molecule has 0 heterocycles. The predicted molar refractivity (Wildman–Crippen MR) is 86.0 cm³/mol. The molecule has 0 amide bonds. The van der Waals surface area contributed by atoms with E-state index in [1.807, 2.05) is 0 Å². The largest absolute Gasteiger partial charge is 0.496 e. The van der Waals surface area contributed by atoms with Crippen molar-refractivity contribution in [3.8, 4) is 5.75 Å². The maximum absolute atomic E-state index is 12.8. The number of ether oxygens (including phenoxy) is 1. The first-order chi connectivity index (χ1) is 11.6. The Balaban J connectivity index is 0.000000970. The molecule has 0 aliphatic carbocycles. The molecular weight excluding hydrogens is 363 g/mol. The molecule has 134 valence electrons. The highest BCUT2D eigenvalue weighted by Gasteiger charge is 2.32. The molecule has 0 aromatic heterocycles. The number of hydrogen-bond donors (Lipinski definition) is 2. The molecule has 0 bridgehead atoms. The van der Waals surface area contributed by atoms with E-state index in [2.05, 4.69) is 0 Å². The molecule has 0 atom stereocenters. The molecule has 0 spiro atoms. The number of nitrogen functional groups attached to an aromatic ring is 1. The van der Waals surface area contributed by atoms with Crippen LogP contribution in [0.15, 0.2) is 36.4 Å². The van der Waals surface area contributed by atoms with Gasteiger partial charge >= 0.3 is 6.18 Å². The summed E-state index contributed by atoms with van der Waals surface area (Å²) in [6.45, 7) is -0.250. The number of rotatable bonds is 3. The number of carbonyl (C=O) groups excluding carboxylic acids is 1. The first kappa shape index (κ1) is 20.3.